The fraction of sp³-hybridized carbons (Fsp3) is 0.385. The molecule has 0 spiro atoms. The highest BCUT2D eigenvalue weighted by Gasteiger charge is 2.18. The van der Waals surface area contributed by atoms with Gasteiger partial charge < -0.3 is 9.47 Å². The molecule has 2 rings (SSSR count). The number of hydrogen-bond acceptors (Lipinski definition) is 4. The molecule has 0 saturated carbocycles. The normalized spacial score (nSPS) is 10.5. The summed E-state index contributed by atoms with van der Waals surface area (Å²) in [6.45, 7) is 3.90. The van der Waals surface area contributed by atoms with E-state index in [2.05, 4.69) is 10.1 Å². The lowest BCUT2D eigenvalue weighted by atomic mass is 10.1. The van der Waals surface area contributed by atoms with Gasteiger partial charge in [-0.25, -0.2) is 4.98 Å². The average molecular weight is 247 g/mol. The Morgan fingerprint density at radius 3 is 2.00 bits per heavy atom. The van der Waals surface area contributed by atoms with Crippen molar-refractivity contribution in [2.75, 3.05) is 14.2 Å². The molecule has 0 radical (unpaired) electrons. The van der Waals surface area contributed by atoms with E-state index in [9.17, 15) is 0 Å². The van der Waals surface area contributed by atoms with Crippen molar-refractivity contribution in [3.8, 4) is 22.9 Å². The van der Waals surface area contributed by atoms with Crippen molar-refractivity contribution in [3.63, 3.8) is 0 Å². The summed E-state index contributed by atoms with van der Waals surface area (Å²) in [6, 6.07) is 3.90. The lowest BCUT2D eigenvalue weighted by Gasteiger charge is -2.11. The van der Waals surface area contributed by atoms with Crippen molar-refractivity contribution in [3.05, 3.63) is 23.5 Å². The summed E-state index contributed by atoms with van der Waals surface area (Å²) in [6.07, 6.45) is 0. The Kier molecular flexibility index (Phi) is 3.23. The van der Waals surface area contributed by atoms with Crippen LogP contribution in [0.4, 0.5) is 0 Å². The van der Waals surface area contributed by atoms with E-state index in [0.717, 1.165) is 28.5 Å². The second-order valence-corrected chi connectivity index (χ2v) is 4.15. The van der Waals surface area contributed by atoms with E-state index in [0.29, 0.717) is 5.82 Å². The number of methoxy groups -OCH3 is 2. The van der Waals surface area contributed by atoms with Gasteiger partial charge in [-0.3, -0.25) is 4.68 Å². The van der Waals surface area contributed by atoms with Crippen molar-refractivity contribution < 1.29 is 9.47 Å². The van der Waals surface area contributed by atoms with Gasteiger partial charge in [-0.15, -0.1) is 0 Å². The van der Waals surface area contributed by atoms with Crippen LogP contribution < -0.4 is 9.47 Å². The Balaban J connectivity index is 2.68. The molecule has 0 aliphatic heterocycles. The lowest BCUT2D eigenvalue weighted by molar-refractivity contribution is 0.396. The Bertz CT molecular complexity index is 531. The van der Waals surface area contributed by atoms with Crippen LogP contribution in [-0.4, -0.2) is 29.0 Å². The highest BCUT2D eigenvalue weighted by Crippen LogP contribution is 2.37. The molecular formula is C13H17N3O2. The molecule has 18 heavy (non-hydrogen) atoms. The molecule has 5 heteroatoms. The first-order chi connectivity index (χ1) is 8.56. The molecule has 0 fully saturated rings. The van der Waals surface area contributed by atoms with Crippen molar-refractivity contribution in [1.29, 1.82) is 0 Å². The standard InChI is InChI=1S/C13H17N3O2/c1-8-6-10(17-4)12(11(7-8)18-5)13-14-9(2)16(3)15-13/h6-7H,1-5H3. The van der Waals surface area contributed by atoms with Gasteiger partial charge in [0, 0.05) is 7.05 Å². The zero-order valence-electron chi connectivity index (χ0n) is 11.3. The van der Waals surface area contributed by atoms with Gasteiger partial charge in [0.15, 0.2) is 5.82 Å². The number of rotatable bonds is 3. The summed E-state index contributed by atoms with van der Waals surface area (Å²) in [7, 11) is 5.12. The molecule has 1 aromatic carbocycles. The van der Waals surface area contributed by atoms with Crippen LogP contribution in [0.1, 0.15) is 11.4 Å². The van der Waals surface area contributed by atoms with Crippen LogP contribution in [0.15, 0.2) is 12.1 Å². The second kappa shape index (κ2) is 4.68. The molecule has 0 unspecified atom stereocenters. The zero-order chi connectivity index (χ0) is 13.3. The molecule has 0 saturated heterocycles. The molecule has 0 N–H and O–H groups in total. The maximum atomic E-state index is 5.40. The maximum absolute atomic E-state index is 5.40. The zero-order valence-corrected chi connectivity index (χ0v) is 11.3. The number of benzene rings is 1. The third-order valence-corrected chi connectivity index (χ3v) is 2.85. The van der Waals surface area contributed by atoms with Crippen LogP contribution in [0, 0.1) is 13.8 Å². The minimum Gasteiger partial charge on any atom is -0.496 e. The van der Waals surface area contributed by atoms with Gasteiger partial charge in [-0.05, 0) is 31.5 Å². The first-order valence-corrected chi connectivity index (χ1v) is 5.67. The molecule has 0 amide bonds. The molecule has 0 bridgehead atoms. The van der Waals surface area contributed by atoms with Crippen LogP contribution in [0.2, 0.25) is 0 Å². The summed E-state index contributed by atoms with van der Waals surface area (Å²) in [4.78, 5) is 4.42. The van der Waals surface area contributed by atoms with Crippen molar-refractivity contribution in [2.24, 2.45) is 7.05 Å². The van der Waals surface area contributed by atoms with Crippen LogP contribution >= 0.6 is 0 Å². The first kappa shape index (κ1) is 12.4. The second-order valence-electron chi connectivity index (χ2n) is 4.15. The number of ether oxygens (including phenoxy) is 2. The average Bonchev–Trinajstić information content (AvgIpc) is 2.67. The van der Waals surface area contributed by atoms with Crippen LogP contribution in [0.5, 0.6) is 11.5 Å². The number of nitrogens with zero attached hydrogens (tertiary/aromatic N) is 3. The minimum absolute atomic E-state index is 0.615. The SMILES string of the molecule is COc1cc(C)cc(OC)c1-c1nc(C)n(C)n1. The van der Waals surface area contributed by atoms with Crippen molar-refractivity contribution >= 4 is 0 Å². The Hall–Kier alpha value is -2.04. The highest BCUT2D eigenvalue weighted by molar-refractivity contribution is 5.72. The smallest absolute Gasteiger partial charge is 0.188 e. The van der Waals surface area contributed by atoms with Crippen LogP contribution in [-0.2, 0) is 7.05 Å². The molecule has 0 atom stereocenters. The van der Waals surface area contributed by atoms with Gasteiger partial charge in [0.25, 0.3) is 0 Å². The van der Waals surface area contributed by atoms with Gasteiger partial charge in [0.2, 0.25) is 0 Å². The Labute approximate surface area is 106 Å². The molecule has 2 aromatic rings. The monoisotopic (exact) mass is 247 g/mol. The van der Waals surface area contributed by atoms with Gasteiger partial charge in [0.1, 0.15) is 22.9 Å². The Morgan fingerprint density at radius 2 is 1.61 bits per heavy atom. The number of aryl methyl sites for hydroxylation is 3. The van der Waals surface area contributed by atoms with Gasteiger partial charge >= 0.3 is 0 Å². The largest absolute Gasteiger partial charge is 0.496 e. The third kappa shape index (κ3) is 2.03. The van der Waals surface area contributed by atoms with E-state index in [1.165, 1.54) is 0 Å². The maximum Gasteiger partial charge on any atom is 0.188 e. The summed E-state index contributed by atoms with van der Waals surface area (Å²) in [5, 5.41) is 4.37. The van der Waals surface area contributed by atoms with E-state index in [4.69, 9.17) is 9.47 Å². The van der Waals surface area contributed by atoms with Gasteiger partial charge in [-0.1, -0.05) is 0 Å². The molecule has 1 aromatic heterocycles. The number of aromatic nitrogens is 3. The van der Waals surface area contributed by atoms with E-state index in [-0.39, 0.29) is 0 Å². The molecule has 96 valence electrons. The van der Waals surface area contributed by atoms with Crippen LogP contribution in [0.25, 0.3) is 11.4 Å². The lowest BCUT2D eigenvalue weighted by Crippen LogP contribution is -1.96. The molecule has 1 heterocycles. The van der Waals surface area contributed by atoms with E-state index in [1.54, 1.807) is 18.9 Å². The fourth-order valence-corrected chi connectivity index (χ4v) is 1.83. The Morgan fingerprint density at radius 1 is 1.06 bits per heavy atom. The molecule has 0 aliphatic carbocycles. The quantitative estimate of drug-likeness (QED) is 0.833. The molecular weight excluding hydrogens is 230 g/mol. The summed E-state index contributed by atoms with van der Waals surface area (Å²) in [5.74, 6) is 2.90. The molecule has 0 aliphatic rings. The third-order valence-electron chi connectivity index (χ3n) is 2.85. The highest BCUT2D eigenvalue weighted by atomic mass is 16.5. The van der Waals surface area contributed by atoms with E-state index < -0.39 is 0 Å². The molecule has 5 nitrogen and oxygen atoms in total. The van der Waals surface area contributed by atoms with Gasteiger partial charge in [0.05, 0.1) is 14.2 Å². The van der Waals surface area contributed by atoms with Gasteiger partial charge in [-0.2, -0.15) is 5.10 Å². The fourth-order valence-electron chi connectivity index (χ4n) is 1.83. The summed E-state index contributed by atoms with van der Waals surface area (Å²) >= 11 is 0. The predicted molar refractivity (Wildman–Crippen MR) is 69.0 cm³/mol. The predicted octanol–water partition coefficient (Wildman–Crippen LogP) is 2.12. The van der Waals surface area contributed by atoms with Crippen LogP contribution in [0.3, 0.4) is 0 Å². The summed E-state index contributed by atoms with van der Waals surface area (Å²) in [5.41, 5.74) is 1.86. The van der Waals surface area contributed by atoms with E-state index in [1.807, 2.05) is 33.0 Å². The van der Waals surface area contributed by atoms with Crippen molar-refractivity contribution in [1.82, 2.24) is 14.8 Å². The topological polar surface area (TPSA) is 49.2 Å². The van der Waals surface area contributed by atoms with Crippen molar-refractivity contribution in [2.45, 2.75) is 13.8 Å². The minimum atomic E-state index is 0.615. The van der Waals surface area contributed by atoms with E-state index >= 15 is 0 Å². The number of hydrogen-bond donors (Lipinski definition) is 0. The summed E-state index contributed by atoms with van der Waals surface area (Å²) < 4.78 is 12.5. The first-order valence-electron chi connectivity index (χ1n) is 5.67.